The summed E-state index contributed by atoms with van der Waals surface area (Å²) in [4.78, 5) is 2.66. The van der Waals surface area contributed by atoms with Crippen molar-refractivity contribution in [3.8, 4) is 0 Å². The van der Waals surface area contributed by atoms with Gasteiger partial charge in [-0.2, -0.15) is 0 Å². The highest BCUT2D eigenvalue weighted by atomic mass is 15.2. The van der Waals surface area contributed by atoms with Crippen LogP contribution in [0.3, 0.4) is 0 Å². The highest BCUT2D eigenvalue weighted by molar-refractivity contribution is 5.32. The first-order valence-electron chi connectivity index (χ1n) is 10.4. The van der Waals surface area contributed by atoms with Crippen molar-refractivity contribution in [3.05, 3.63) is 11.1 Å². The second-order valence-corrected chi connectivity index (χ2v) is 7.46. The molecule has 1 fully saturated rings. The molecule has 1 heterocycles. The zero-order chi connectivity index (χ0) is 18.2. The van der Waals surface area contributed by atoms with Gasteiger partial charge in [-0.3, -0.25) is 0 Å². The highest BCUT2D eigenvalue weighted by Gasteiger charge is 2.45. The molecule has 23 heavy (non-hydrogen) atoms. The summed E-state index contributed by atoms with van der Waals surface area (Å²) in [5.41, 5.74) is 4.22. The van der Waals surface area contributed by atoms with Gasteiger partial charge in [-0.05, 0) is 69.9 Å². The summed E-state index contributed by atoms with van der Waals surface area (Å²) in [6, 6.07) is 0.717. The Labute approximate surface area is 147 Å². The first-order chi connectivity index (χ1) is 10.9. The number of rotatable bonds is 3. The van der Waals surface area contributed by atoms with Crippen molar-refractivity contribution in [3.63, 3.8) is 0 Å². The van der Waals surface area contributed by atoms with Gasteiger partial charge in [0.05, 0.1) is 0 Å². The molecule has 1 spiro atoms. The van der Waals surface area contributed by atoms with Crippen LogP contribution in [0, 0.1) is 17.3 Å². The van der Waals surface area contributed by atoms with E-state index in [9.17, 15) is 0 Å². The normalized spacial score (nSPS) is 23.7. The van der Waals surface area contributed by atoms with Gasteiger partial charge in [-0.25, -0.2) is 0 Å². The lowest BCUT2D eigenvalue weighted by atomic mass is 9.71. The van der Waals surface area contributed by atoms with Crippen LogP contribution in [-0.2, 0) is 0 Å². The summed E-state index contributed by atoms with van der Waals surface area (Å²) >= 11 is 0. The summed E-state index contributed by atoms with van der Waals surface area (Å²) in [6.45, 7) is 24.9. The minimum atomic E-state index is 0.569. The molecule has 0 N–H and O–H groups in total. The predicted molar refractivity (Wildman–Crippen MR) is 107 cm³/mol. The van der Waals surface area contributed by atoms with E-state index in [2.05, 4.69) is 46.4 Å². The number of nitrogens with zero attached hydrogens (tertiary/aromatic N) is 1. The fourth-order valence-corrected chi connectivity index (χ4v) is 4.89. The molecule has 1 heteroatoms. The fraction of sp³-hybridized carbons (Fsp3) is 0.909. The number of hydrogen-bond acceptors (Lipinski definition) is 1. The minimum absolute atomic E-state index is 0.569. The maximum atomic E-state index is 2.66. The number of piperidine rings is 1. The first kappa shape index (κ1) is 22.7. The monoisotopic (exact) mass is 323 g/mol. The summed E-state index contributed by atoms with van der Waals surface area (Å²) < 4.78 is 0. The molecule has 1 aliphatic heterocycles. The van der Waals surface area contributed by atoms with Crippen LogP contribution < -0.4 is 0 Å². The Balaban J connectivity index is 0.00000112. The standard InChI is InChI=1S/C18H33N.2C2H6/c1-7-16-17(13(2)3)15(6)12-18(16)8-10-19(11-9-18)14(4)5;2*1-2/h13-15H,7-12H2,1-6H3;2*1-2H3. The van der Waals surface area contributed by atoms with E-state index in [-0.39, 0.29) is 0 Å². The van der Waals surface area contributed by atoms with Gasteiger partial charge in [0.1, 0.15) is 0 Å². The van der Waals surface area contributed by atoms with Crippen molar-refractivity contribution in [2.45, 2.75) is 101 Å². The van der Waals surface area contributed by atoms with E-state index in [1.54, 1.807) is 5.57 Å². The van der Waals surface area contributed by atoms with Crippen molar-refractivity contribution >= 4 is 0 Å². The number of allylic oxidation sites excluding steroid dienone is 2. The summed E-state index contributed by atoms with van der Waals surface area (Å²) in [5.74, 6) is 1.56. The first-order valence-corrected chi connectivity index (χ1v) is 10.4. The Bertz CT molecular complexity index is 343. The van der Waals surface area contributed by atoms with Crippen molar-refractivity contribution in [2.75, 3.05) is 13.1 Å². The molecule has 0 aromatic rings. The second kappa shape index (κ2) is 10.5. The Morgan fingerprint density at radius 1 is 1.00 bits per heavy atom. The molecule has 1 unspecified atom stereocenters. The summed E-state index contributed by atoms with van der Waals surface area (Å²) in [6.07, 6.45) is 5.50. The summed E-state index contributed by atoms with van der Waals surface area (Å²) in [5, 5.41) is 0. The van der Waals surface area contributed by atoms with Crippen LogP contribution in [0.4, 0.5) is 0 Å². The van der Waals surface area contributed by atoms with E-state index >= 15 is 0 Å². The van der Waals surface area contributed by atoms with Crippen LogP contribution in [0.2, 0.25) is 0 Å². The van der Waals surface area contributed by atoms with Crippen LogP contribution in [0.5, 0.6) is 0 Å². The Morgan fingerprint density at radius 3 is 1.83 bits per heavy atom. The number of hydrogen-bond donors (Lipinski definition) is 0. The molecule has 1 atom stereocenters. The summed E-state index contributed by atoms with van der Waals surface area (Å²) in [7, 11) is 0. The fourth-order valence-electron chi connectivity index (χ4n) is 4.89. The second-order valence-electron chi connectivity index (χ2n) is 7.46. The molecule has 0 amide bonds. The van der Waals surface area contributed by atoms with Crippen molar-refractivity contribution < 1.29 is 0 Å². The molecule has 2 rings (SSSR count). The molecular formula is C22H45N. The van der Waals surface area contributed by atoms with Crippen molar-refractivity contribution in [1.82, 2.24) is 4.90 Å². The lowest BCUT2D eigenvalue weighted by molar-refractivity contribution is 0.0999. The molecule has 0 aromatic heterocycles. The van der Waals surface area contributed by atoms with Gasteiger partial charge in [0.2, 0.25) is 0 Å². The lowest BCUT2D eigenvalue weighted by Crippen LogP contribution is -2.43. The van der Waals surface area contributed by atoms with Crippen LogP contribution in [0.15, 0.2) is 11.1 Å². The Kier molecular flexibility index (Phi) is 10.4. The zero-order valence-electron chi connectivity index (χ0n) is 17.9. The minimum Gasteiger partial charge on any atom is -0.301 e. The predicted octanol–water partition coefficient (Wildman–Crippen LogP) is 6.93. The third-order valence-electron chi connectivity index (χ3n) is 5.68. The molecule has 0 bridgehead atoms. The van der Waals surface area contributed by atoms with E-state index in [1.165, 1.54) is 38.8 Å². The average molecular weight is 324 g/mol. The molecule has 0 radical (unpaired) electrons. The van der Waals surface area contributed by atoms with E-state index in [0.29, 0.717) is 5.41 Å². The quantitative estimate of drug-likeness (QED) is 0.509. The molecule has 1 saturated heterocycles. The van der Waals surface area contributed by atoms with E-state index in [1.807, 2.05) is 33.3 Å². The largest absolute Gasteiger partial charge is 0.301 e. The highest BCUT2D eigenvalue weighted by Crippen LogP contribution is 2.55. The molecule has 0 aromatic carbocycles. The van der Waals surface area contributed by atoms with Gasteiger partial charge >= 0.3 is 0 Å². The smallest absolute Gasteiger partial charge is 0.00386 e. The molecule has 1 aliphatic carbocycles. The van der Waals surface area contributed by atoms with Gasteiger partial charge in [-0.15, -0.1) is 0 Å². The van der Waals surface area contributed by atoms with E-state index in [0.717, 1.165) is 17.9 Å². The lowest BCUT2D eigenvalue weighted by Gasteiger charge is -2.43. The SMILES string of the molecule is CC.CC.CCC1=C(C(C)C)C(C)CC12CCN(C(C)C)CC2. The molecule has 1 nitrogen and oxygen atoms in total. The van der Waals surface area contributed by atoms with E-state index < -0.39 is 0 Å². The average Bonchev–Trinajstić information content (AvgIpc) is 2.83. The molecule has 138 valence electrons. The number of likely N-dealkylation sites (tertiary alicyclic amines) is 1. The van der Waals surface area contributed by atoms with Crippen molar-refractivity contribution in [1.29, 1.82) is 0 Å². The van der Waals surface area contributed by atoms with E-state index in [4.69, 9.17) is 0 Å². The van der Waals surface area contributed by atoms with Gasteiger partial charge in [0, 0.05) is 6.04 Å². The zero-order valence-corrected chi connectivity index (χ0v) is 17.9. The van der Waals surface area contributed by atoms with Crippen LogP contribution in [-0.4, -0.2) is 24.0 Å². The Morgan fingerprint density at radius 2 is 1.48 bits per heavy atom. The van der Waals surface area contributed by atoms with Crippen LogP contribution in [0.25, 0.3) is 0 Å². The van der Waals surface area contributed by atoms with Gasteiger partial charge in [0.15, 0.2) is 0 Å². The van der Waals surface area contributed by atoms with Gasteiger partial charge < -0.3 is 4.90 Å². The molecule has 0 saturated carbocycles. The van der Waals surface area contributed by atoms with Crippen LogP contribution in [0.1, 0.15) is 94.9 Å². The molecule has 2 aliphatic rings. The topological polar surface area (TPSA) is 3.24 Å². The molecular weight excluding hydrogens is 278 g/mol. The maximum absolute atomic E-state index is 2.66. The third kappa shape index (κ3) is 5.08. The third-order valence-corrected chi connectivity index (χ3v) is 5.68. The van der Waals surface area contributed by atoms with Gasteiger partial charge in [-0.1, -0.05) is 66.5 Å². The Hall–Kier alpha value is -0.300. The van der Waals surface area contributed by atoms with Crippen molar-refractivity contribution in [2.24, 2.45) is 17.3 Å². The maximum Gasteiger partial charge on any atom is 0.00386 e. The van der Waals surface area contributed by atoms with Gasteiger partial charge in [0.25, 0.3) is 0 Å². The van der Waals surface area contributed by atoms with Crippen LogP contribution >= 0.6 is 0 Å².